The second-order valence-electron chi connectivity index (χ2n) is 10.2. The van der Waals surface area contributed by atoms with Crippen molar-refractivity contribution >= 4 is 34.3 Å². The molecule has 40 heavy (non-hydrogen) atoms. The first kappa shape index (κ1) is 26.2. The van der Waals surface area contributed by atoms with E-state index in [2.05, 4.69) is 44.9 Å². The quantitative estimate of drug-likeness (QED) is 0.244. The molecule has 1 aliphatic rings. The van der Waals surface area contributed by atoms with Crippen LogP contribution in [-0.4, -0.2) is 32.6 Å². The fourth-order valence-corrected chi connectivity index (χ4v) is 5.80. The fourth-order valence-electron chi connectivity index (χ4n) is 5.52. The van der Waals surface area contributed by atoms with E-state index in [0.717, 1.165) is 53.8 Å². The van der Waals surface area contributed by atoms with Crippen molar-refractivity contribution in [2.45, 2.75) is 39.2 Å². The Kier molecular flexibility index (Phi) is 7.32. The Morgan fingerprint density at radius 2 is 1.80 bits per heavy atom. The van der Waals surface area contributed by atoms with Gasteiger partial charge in [-0.3, -0.25) is 14.3 Å². The highest BCUT2D eigenvalue weighted by Crippen LogP contribution is 2.33. The summed E-state index contributed by atoms with van der Waals surface area (Å²) in [4.78, 5) is 27.3. The van der Waals surface area contributed by atoms with Crippen molar-refractivity contribution in [2.24, 2.45) is 0 Å². The van der Waals surface area contributed by atoms with Crippen LogP contribution in [0.1, 0.15) is 36.9 Å². The molecule has 3 aromatic heterocycles. The molecule has 7 nitrogen and oxygen atoms in total. The summed E-state index contributed by atoms with van der Waals surface area (Å²) < 4.78 is 1.67. The average molecular weight is 551 g/mol. The summed E-state index contributed by atoms with van der Waals surface area (Å²) in [6.45, 7) is 6.51. The number of pyridine rings is 2. The molecule has 0 amide bonds. The van der Waals surface area contributed by atoms with Gasteiger partial charge in [-0.1, -0.05) is 41.9 Å². The molecule has 1 saturated heterocycles. The van der Waals surface area contributed by atoms with Crippen LogP contribution in [0, 0.1) is 6.92 Å². The molecule has 5 aromatic rings. The minimum atomic E-state index is -0.141. The number of nitrogens with one attached hydrogen (secondary N) is 2. The zero-order valence-corrected chi connectivity index (χ0v) is 23.4. The second kappa shape index (κ2) is 11.2. The molecule has 8 heteroatoms. The SMILES string of the molecule is CCn1c(=O)c(-c2ccc(-c3cccnc3C)cc2Cl)cc2cnc(Nc3ccc(C4CCNCC4)cc3)nc21. The van der Waals surface area contributed by atoms with E-state index in [-0.39, 0.29) is 5.56 Å². The van der Waals surface area contributed by atoms with Crippen molar-refractivity contribution in [2.75, 3.05) is 18.4 Å². The van der Waals surface area contributed by atoms with Gasteiger partial charge in [0.05, 0.1) is 0 Å². The third kappa shape index (κ3) is 5.10. The number of hydrogen-bond acceptors (Lipinski definition) is 6. The summed E-state index contributed by atoms with van der Waals surface area (Å²) in [6.07, 6.45) is 5.85. The highest BCUT2D eigenvalue weighted by atomic mass is 35.5. The van der Waals surface area contributed by atoms with E-state index >= 15 is 0 Å². The maximum absolute atomic E-state index is 13.6. The highest BCUT2D eigenvalue weighted by molar-refractivity contribution is 6.33. The summed E-state index contributed by atoms with van der Waals surface area (Å²) in [5, 5.41) is 8.00. The molecule has 4 heterocycles. The molecule has 0 radical (unpaired) electrons. The largest absolute Gasteiger partial charge is 0.324 e. The van der Waals surface area contributed by atoms with Gasteiger partial charge in [-0.05, 0) is 87.2 Å². The van der Waals surface area contributed by atoms with Crippen LogP contribution in [0.2, 0.25) is 5.02 Å². The van der Waals surface area contributed by atoms with Crippen LogP contribution in [-0.2, 0) is 6.54 Å². The first-order valence-corrected chi connectivity index (χ1v) is 14.1. The lowest BCUT2D eigenvalue weighted by molar-refractivity contribution is 0.460. The van der Waals surface area contributed by atoms with Crippen molar-refractivity contribution in [3.05, 3.63) is 99.7 Å². The number of halogens is 1. The molecule has 0 bridgehead atoms. The van der Waals surface area contributed by atoms with Crippen molar-refractivity contribution in [1.82, 2.24) is 24.8 Å². The molecule has 0 saturated carbocycles. The topological polar surface area (TPSA) is 84.7 Å². The van der Waals surface area contributed by atoms with E-state index in [1.165, 1.54) is 5.56 Å². The van der Waals surface area contributed by atoms with Gasteiger partial charge in [0.1, 0.15) is 5.65 Å². The summed E-state index contributed by atoms with van der Waals surface area (Å²) >= 11 is 6.75. The molecular weight excluding hydrogens is 520 g/mol. The van der Waals surface area contributed by atoms with Crippen LogP contribution in [0.5, 0.6) is 0 Å². The lowest BCUT2D eigenvalue weighted by Gasteiger charge is -2.23. The number of piperidine rings is 1. The molecule has 0 unspecified atom stereocenters. The number of fused-ring (bicyclic) bond motifs is 1. The Labute approximate surface area is 238 Å². The minimum Gasteiger partial charge on any atom is -0.324 e. The number of hydrogen-bond donors (Lipinski definition) is 2. The van der Waals surface area contributed by atoms with Gasteiger partial charge in [-0.2, -0.15) is 4.98 Å². The van der Waals surface area contributed by atoms with E-state index in [4.69, 9.17) is 16.6 Å². The van der Waals surface area contributed by atoms with Gasteiger partial charge >= 0.3 is 0 Å². The molecular formula is C32H31ClN6O. The lowest BCUT2D eigenvalue weighted by Crippen LogP contribution is -2.26. The van der Waals surface area contributed by atoms with Crippen LogP contribution in [0.15, 0.2) is 77.9 Å². The molecule has 1 aliphatic heterocycles. The second-order valence-corrected chi connectivity index (χ2v) is 10.6. The van der Waals surface area contributed by atoms with Crippen molar-refractivity contribution in [3.8, 4) is 22.3 Å². The smallest absolute Gasteiger partial charge is 0.260 e. The summed E-state index contributed by atoms with van der Waals surface area (Å²) in [5.74, 6) is 1.05. The maximum Gasteiger partial charge on any atom is 0.260 e. The number of nitrogens with zero attached hydrogens (tertiary/aromatic N) is 4. The van der Waals surface area contributed by atoms with Gasteiger partial charge in [0, 0.05) is 57.4 Å². The first-order chi connectivity index (χ1) is 19.5. The van der Waals surface area contributed by atoms with Gasteiger partial charge in [0.25, 0.3) is 5.56 Å². The Hall–Kier alpha value is -4.07. The average Bonchev–Trinajstić information content (AvgIpc) is 2.98. The Bertz CT molecular complexity index is 1740. The summed E-state index contributed by atoms with van der Waals surface area (Å²) in [5.41, 5.74) is 6.80. The van der Waals surface area contributed by atoms with Crippen LogP contribution >= 0.6 is 11.6 Å². The summed E-state index contributed by atoms with van der Waals surface area (Å²) in [7, 11) is 0. The van der Waals surface area contributed by atoms with Gasteiger partial charge < -0.3 is 10.6 Å². The van der Waals surface area contributed by atoms with Gasteiger partial charge in [0.2, 0.25) is 5.95 Å². The van der Waals surface area contributed by atoms with E-state index in [9.17, 15) is 4.79 Å². The van der Waals surface area contributed by atoms with Gasteiger partial charge in [-0.25, -0.2) is 4.98 Å². The van der Waals surface area contributed by atoms with Crippen molar-refractivity contribution < 1.29 is 0 Å². The third-order valence-electron chi connectivity index (χ3n) is 7.70. The van der Waals surface area contributed by atoms with Crippen LogP contribution in [0.3, 0.4) is 0 Å². The number of anilines is 2. The molecule has 0 aliphatic carbocycles. The van der Waals surface area contributed by atoms with E-state index in [1.54, 1.807) is 17.0 Å². The standard InChI is InChI=1S/C32H31ClN6O/c1-3-39-30-24(19-36-32(38-30)37-25-9-6-21(7-10-25)22-12-15-34-16-13-22)17-28(31(39)40)27-11-8-23(18-29(27)33)26-5-4-14-35-20(26)2/h4-11,14,17-19,22,34H,3,12-13,15-16H2,1-2H3,(H,36,37,38). The van der Waals surface area contributed by atoms with Gasteiger partial charge in [0.15, 0.2) is 0 Å². The molecule has 1 fully saturated rings. The zero-order chi connectivity index (χ0) is 27.6. The van der Waals surface area contributed by atoms with Gasteiger partial charge in [-0.15, -0.1) is 0 Å². The van der Waals surface area contributed by atoms with Crippen molar-refractivity contribution in [1.29, 1.82) is 0 Å². The third-order valence-corrected chi connectivity index (χ3v) is 8.01. The van der Waals surface area contributed by atoms with Crippen molar-refractivity contribution in [3.63, 3.8) is 0 Å². The molecule has 0 spiro atoms. The van der Waals surface area contributed by atoms with Crippen LogP contribution in [0.4, 0.5) is 11.6 Å². The van der Waals surface area contributed by atoms with Crippen LogP contribution in [0.25, 0.3) is 33.3 Å². The number of benzene rings is 2. The minimum absolute atomic E-state index is 0.141. The molecule has 0 atom stereocenters. The van der Waals surface area contributed by atoms with E-state index in [1.807, 2.05) is 50.2 Å². The normalized spacial score (nSPS) is 14.0. The Morgan fingerprint density at radius 3 is 2.52 bits per heavy atom. The first-order valence-electron chi connectivity index (χ1n) is 13.7. The number of aromatic nitrogens is 4. The molecule has 202 valence electrons. The van der Waals surface area contributed by atoms with Crippen LogP contribution < -0.4 is 16.2 Å². The predicted molar refractivity (Wildman–Crippen MR) is 162 cm³/mol. The van der Waals surface area contributed by atoms with E-state index < -0.39 is 0 Å². The zero-order valence-electron chi connectivity index (χ0n) is 22.6. The number of aryl methyl sites for hydroxylation is 2. The maximum atomic E-state index is 13.6. The predicted octanol–water partition coefficient (Wildman–Crippen LogP) is 6.71. The molecule has 2 aromatic carbocycles. The monoisotopic (exact) mass is 550 g/mol. The highest BCUT2D eigenvalue weighted by Gasteiger charge is 2.17. The Morgan fingerprint density at radius 1 is 1.00 bits per heavy atom. The molecule has 2 N–H and O–H groups in total. The Balaban J connectivity index is 1.31. The lowest BCUT2D eigenvalue weighted by atomic mass is 9.90. The van der Waals surface area contributed by atoms with E-state index in [0.29, 0.717) is 40.2 Å². The fraction of sp³-hybridized carbons (Fsp3) is 0.250. The summed E-state index contributed by atoms with van der Waals surface area (Å²) in [6, 6.07) is 20.0. The molecule has 6 rings (SSSR count). The number of rotatable bonds is 6.